The second-order valence-electron chi connectivity index (χ2n) is 5.31. The predicted molar refractivity (Wildman–Crippen MR) is 108 cm³/mol. The maximum Gasteiger partial charge on any atom is 0.278 e. The highest BCUT2D eigenvalue weighted by atomic mass is 32.7. The molecule has 1 rings (SSSR count). The van der Waals surface area contributed by atoms with E-state index in [1.807, 2.05) is 37.3 Å². The minimum Gasteiger partial charge on any atom is -0.316 e. The largest absolute Gasteiger partial charge is 0.316 e. The van der Waals surface area contributed by atoms with Gasteiger partial charge in [0.25, 0.3) is 6.71 Å². The van der Waals surface area contributed by atoms with Gasteiger partial charge in [-0.2, -0.15) is 4.74 Å². The van der Waals surface area contributed by atoms with Gasteiger partial charge in [-0.1, -0.05) is 62.7 Å². The van der Waals surface area contributed by atoms with E-state index in [1.165, 1.54) is 19.3 Å². The number of hydrogen-bond donors (Lipinski definition) is 0. The van der Waals surface area contributed by atoms with Gasteiger partial charge in [0, 0.05) is 5.75 Å². The molecule has 1 unspecified atom stereocenters. The molecule has 4 nitrogen and oxygen atoms in total. The van der Waals surface area contributed by atoms with E-state index in [4.69, 9.17) is 9.05 Å². The molecule has 24 heavy (non-hydrogen) atoms. The van der Waals surface area contributed by atoms with Gasteiger partial charge in [-0.3, -0.25) is 0 Å². The molecule has 1 aromatic carbocycles. The second-order valence-corrected chi connectivity index (χ2v) is 9.82. The van der Waals surface area contributed by atoms with Crippen LogP contribution in [0.5, 0.6) is 0 Å². The summed E-state index contributed by atoms with van der Waals surface area (Å²) in [7, 11) is 0. The summed E-state index contributed by atoms with van der Waals surface area (Å²) in [6.07, 6.45) is 7.40. The van der Waals surface area contributed by atoms with Gasteiger partial charge in [-0.15, -0.1) is 0 Å². The first kappa shape index (κ1) is 21.4. The maximum atomic E-state index is 6.15. The molecule has 0 bridgehead atoms. The molecule has 0 radical (unpaired) electrons. The van der Waals surface area contributed by atoms with Crippen molar-refractivity contribution in [1.29, 1.82) is 0 Å². The van der Waals surface area contributed by atoms with Crippen LogP contribution < -0.4 is 0 Å². The van der Waals surface area contributed by atoms with Gasteiger partial charge in [0.15, 0.2) is 0 Å². The zero-order valence-corrected chi connectivity index (χ0v) is 16.9. The first-order valence-electron chi connectivity index (χ1n) is 8.89. The number of benzene rings is 1. The Morgan fingerprint density at radius 1 is 1.00 bits per heavy atom. The van der Waals surface area contributed by atoms with Crippen LogP contribution in [0, 0.1) is 0 Å². The summed E-state index contributed by atoms with van der Waals surface area (Å²) in [5, 5.41) is 0. The molecule has 136 valence electrons. The number of nitrogens with zero attached hydrogens (tertiary/aromatic N) is 2. The van der Waals surface area contributed by atoms with E-state index in [1.54, 1.807) is 17.7 Å². The van der Waals surface area contributed by atoms with Gasteiger partial charge >= 0.3 is 0 Å². The molecule has 0 fully saturated rings. The van der Waals surface area contributed by atoms with E-state index in [0.29, 0.717) is 13.2 Å². The standard InChI is InChI=1S/C18H31N2O2PS/c1-4-7-8-12-15-22-23(21-6-3,24-16-5-2)20-17-19-18-13-10-9-11-14-18/h9-11,13-14,17H,4-8,12,15-16H2,1-3H3. The van der Waals surface area contributed by atoms with E-state index >= 15 is 0 Å². The molecule has 0 aliphatic heterocycles. The minimum absolute atomic E-state index is 0.599. The Labute approximate surface area is 151 Å². The van der Waals surface area contributed by atoms with Crippen LogP contribution in [0.3, 0.4) is 0 Å². The number of para-hydroxylation sites is 1. The van der Waals surface area contributed by atoms with Crippen molar-refractivity contribution in [3.8, 4) is 0 Å². The summed E-state index contributed by atoms with van der Waals surface area (Å²) in [6, 6.07) is 9.82. The Bertz CT molecular complexity index is 509. The van der Waals surface area contributed by atoms with Crippen molar-refractivity contribution in [3.63, 3.8) is 0 Å². The van der Waals surface area contributed by atoms with Crippen molar-refractivity contribution in [2.24, 2.45) is 9.74 Å². The number of aliphatic imine (C=N–C) groups is 1. The molecular weight excluding hydrogens is 339 g/mol. The van der Waals surface area contributed by atoms with Crippen molar-refractivity contribution < 1.29 is 9.05 Å². The summed E-state index contributed by atoms with van der Waals surface area (Å²) in [4.78, 5) is 4.40. The zero-order chi connectivity index (χ0) is 17.5. The van der Waals surface area contributed by atoms with E-state index in [0.717, 1.165) is 24.3 Å². The van der Waals surface area contributed by atoms with Crippen molar-refractivity contribution in [2.45, 2.75) is 52.9 Å². The summed E-state index contributed by atoms with van der Waals surface area (Å²) in [5.41, 5.74) is 0.888. The van der Waals surface area contributed by atoms with E-state index in [9.17, 15) is 0 Å². The lowest BCUT2D eigenvalue weighted by molar-refractivity contribution is 0.257. The molecule has 1 atom stereocenters. The van der Waals surface area contributed by atoms with Crippen molar-refractivity contribution in [1.82, 2.24) is 0 Å². The molecule has 0 amide bonds. The zero-order valence-electron chi connectivity index (χ0n) is 15.2. The highest BCUT2D eigenvalue weighted by molar-refractivity contribution is 8.55. The summed E-state index contributed by atoms with van der Waals surface area (Å²) < 4.78 is 16.8. The molecule has 0 aliphatic rings. The Hall–Kier alpha value is -0.610. The lowest BCUT2D eigenvalue weighted by Gasteiger charge is -2.22. The molecule has 1 aromatic rings. The fourth-order valence-electron chi connectivity index (χ4n) is 1.96. The fraction of sp³-hybridized carbons (Fsp3) is 0.611. The Balaban J connectivity index is 2.79. The molecule has 0 spiro atoms. The van der Waals surface area contributed by atoms with Crippen LogP contribution in [-0.4, -0.2) is 25.3 Å². The van der Waals surface area contributed by atoms with Crippen LogP contribution in [-0.2, 0) is 9.05 Å². The van der Waals surface area contributed by atoms with Crippen LogP contribution in [0.15, 0.2) is 40.1 Å². The first-order chi connectivity index (χ1) is 11.8. The SMILES string of the molecule is CCCCCCOP(=NC=Nc1ccccc1)(OCC)SCCC. The molecule has 0 N–H and O–H groups in total. The molecule has 0 saturated heterocycles. The van der Waals surface area contributed by atoms with Crippen LogP contribution in [0.25, 0.3) is 0 Å². The third-order valence-electron chi connectivity index (χ3n) is 3.16. The first-order valence-corrected chi connectivity index (χ1v) is 12.1. The molecule has 0 aromatic heterocycles. The Morgan fingerprint density at radius 2 is 1.79 bits per heavy atom. The second kappa shape index (κ2) is 13.7. The van der Waals surface area contributed by atoms with Gasteiger partial charge in [0.05, 0.1) is 18.9 Å². The van der Waals surface area contributed by atoms with E-state index in [2.05, 4.69) is 23.6 Å². The molecule has 0 heterocycles. The Morgan fingerprint density at radius 3 is 2.46 bits per heavy atom. The molecule has 0 aliphatic carbocycles. The quantitative estimate of drug-likeness (QED) is 0.161. The third kappa shape index (κ3) is 9.03. The van der Waals surface area contributed by atoms with Gasteiger partial charge < -0.3 is 9.05 Å². The maximum absolute atomic E-state index is 6.15. The summed E-state index contributed by atoms with van der Waals surface area (Å²) >= 11 is 1.70. The van der Waals surface area contributed by atoms with Crippen LogP contribution in [0.4, 0.5) is 5.69 Å². The lowest BCUT2D eigenvalue weighted by Crippen LogP contribution is -1.97. The highest BCUT2D eigenvalue weighted by Gasteiger charge is 2.21. The molecular formula is C18H31N2O2PS. The molecule has 6 heteroatoms. The topological polar surface area (TPSA) is 43.2 Å². The van der Waals surface area contributed by atoms with Gasteiger partial charge in [0.1, 0.15) is 6.34 Å². The van der Waals surface area contributed by atoms with Crippen LogP contribution >= 0.6 is 18.1 Å². The van der Waals surface area contributed by atoms with Crippen molar-refractivity contribution in [2.75, 3.05) is 19.0 Å². The number of hydrogen-bond acceptors (Lipinski definition) is 4. The number of rotatable bonds is 13. The van der Waals surface area contributed by atoms with Crippen LogP contribution in [0.1, 0.15) is 52.9 Å². The number of unbranched alkanes of at least 4 members (excludes halogenated alkanes) is 3. The third-order valence-corrected chi connectivity index (χ3v) is 8.00. The minimum atomic E-state index is -2.31. The predicted octanol–water partition coefficient (Wildman–Crippen LogP) is 7.07. The van der Waals surface area contributed by atoms with Gasteiger partial charge in [0.2, 0.25) is 0 Å². The van der Waals surface area contributed by atoms with E-state index < -0.39 is 6.71 Å². The average Bonchev–Trinajstić information content (AvgIpc) is 2.61. The molecule has 0 saturated carbocycles. The summed E-state index contributed by atoms with van der Waals surface area (Å²) in [5.74, 6) is 0.978. The van der Waals surface area contributed by atoms with Gasteiger partial charge in [-0.25, -0.2) is 4.99 Å². The Kier molecular flexibility index (Phi) is 12.2. The highest BCUT2D eigenvalue weighted by Crippen LogP contribution is 2.63. The average molecular weight is 370 g/mol. The fourth-order valence-corrected chi connectivity index (χ4v) is 6.21. The summed E-state index contributed by atoms with van der Waals surface area (Å²) in [6.45, 7) is 5.36. The van der Waals surface area contributed by atoms with Crippen molar-refractivity contribution in [3.05, 3.63) is 30.3 Å². The van der Waals surface area contributed by atoms with Crippen LogP contribution in [0.2, 0.25) is 0 Å². The van der Waals surface area contributed by atoms with Gasteiger partial charge in [-0.05, 0) is 31.9 Å². The lowest BCUT2D eigenvalue weighted by atomic mass is 10.2. The smallest absolute Gasteiger partial charge is 0.278 e. The van der Waals surface area contributed by atoms with E-state index in [-0.39, 0.29) is 0 Å². The normalized spacial score (nSPS) is 14.0. The monoisotopic (exact) mass is 370 g/mol. The van der Waals surface area contributed by atoms with Crippen molar-refractivity contribution >= 4 is 30.1 Å².